The van der Waals surface area contributed by atoms with E-state index in [0.717, 1.165) is 0 Å². The fraction of sp³-hybridized carbons (Fsp3) is 0. The molecule has 0 saturated carbocycles. The molecular formula is C3H4FNOS. The van der Waals surface area contributed by atoms with Crippen LogP contribution >= 0.6 is 12.6 Å². The van der Waals surface area contributed by atoms with E-state index in [1.807, 2.05) is 0 Å². The Hall–Kier alpha value is -0.510. The quantitative estimate of drug-likeness (QED) is 0.378. The fourth-order valence-electron chi connectivity index (χ4n) is 0.0636. The molecule has 0 saturated heterocycles. The summed E-state index contributed by atoms with van der Waals surface area (Å²) >= 11 is 3.32. The van der Waals surface area contributed by atoms with Crippen molar-refractivity contribution in [1.29, 1.82) is 0 Å². The van der Waals surface area contributed by atoms with Crippen molar-refractivity contribution >= 4 is 18.5 Å². The highest BCUT2D eigenvalue weighted by molar-refractivity contribution is 7.83. The summed E-state index contributed by atoms with van der Waals surface area (Å²) in [5.41, 5.74) is 4.42. The van der Waals surface area contributed by atoms with E-state index in [4.69, 9.17) is 0 Å². The lowest BCUT2D eigenvalue weighted by Crippen LogP contribution is -2.09. The average molecular weight is 121 g/mol. The Bertz CT molecular complexity index is 112. The summed E-state index contributed by atoms with van der Waals surface area (Å²) in [6.07, 6.45) is 0. The monoisotopic (exact) mass is 121 g/mol. The third-order valence-corrected chi connectivity index (χ3v) is 0.575. The van der Waals surface area contributed by atoms with Gasteiger partial charge in [-0.3, -0.25) is 4.79 Å². The molecule has 0 rings (SSSR count). The molecule has 0 unspecified atom stereocenters. The largest absolute Gasteiger partial charge is 0.364 e. The van der Waals surface area contributed by atoms with Crippen LogP contribution < -0.4 is 5.73 Å². The molecule has 0 aromatic heterocycles. The second kappa shape index (κ2) is 2.63. The maximum atomic E-state index is 11.6. The first kappa shape index (κ1) is 6.49. The minimum absolute atomic E-state index is 0.711. The summed E-state index contributed by atoms with van der Waals surface area (Å²) < 4.78 is 11.6. The number of carbonyl (C=O) groups excluding carboxylic acids is 1. The van der Waals surface area contributed by atoms with Crippen LogP contribution in [0.25, 0.3) is 0 Å². The summed E-state index contributed by atoms with van der Waals surface area (Å²) in [6, 6.07) is 0. The first-order valence-electron chi connectivity index (χ1n) is 1.48. The number of rotatable bonds is 1. The second-order valence-corrected chi connectivity index (χ2v) is 1.10. The third-order valence-electron chi connectivity index (χ3n) is 0.349. The van der Waals surface area contributed by atoms with E-state index < -0.39 is 11.7 Å². The van der Waals surface area contributed by atoms with Gasteiger partial charge in [0.25, 0.3) is 5.91 Å². The van der Waals surface area contributed by atoms with E-state index >= 15 is 0 Å². The van der Waals surface area contributed by atoms with Crippen LogP contribution in [0.15, 0.2) is 11.2 Å². The van der Waals surface area contributed by atoms with E-state index in [0.29, 0.717) is 5.41 Å². The molecule has 0 aliphatic heterocycles. The number of hydrogen-bond acceptors (Lipinski definition) is 2. The topological polar surface area (TPSA) is 43.1 Å². The van der Waals surface area contributed by atoms with Crippen LogP contribution in [0.5, 0.6) is 0 Å². The summed E-state index contributed by atoms with van der Waals surface area (Å²) in [6.45, 7) is 0. The molecule has 0 heterocycles. The standard InChI is InChI=1S/C3H4FNOS/c4-2(1-7)3(5)6/h1,7H,(H2,5,6). The maximum Gasteiger partial charge on any atom is 0.277 e. The number of amides is 1. The van der Waals surface area contributed by atoms with Crippen molar-refractivity contribution in [2.24, 2.45) is 5.73 Å². The molecule has 0 bridgehead atoms. The summed E-state index contributed by atoms with van der Waals surface area (Å²) in [4.78, 5) is 9.66. The van der Waals surface area contributed by atoms with Crippen molar-refractivity contribution in [2.45, 2.75) is 0 Å². The average Bonchev–Trinajstić information content (AvgIpc) is 1.65. The van der Waals surface area contributed by atoms with E-state index in [9.17, 15) is 9.18 Å². The molecule has 0 aromatic carbocycles. The van der Waals surface area contributed by atoms with Crippen molar-refractivity contribution in [2.75, 3.05) is 0 Å². The molecule has 0 aliphatic carbocycles. The maximum absolute atomic E-state index is 11.6. The molecule has 0 spiro atoms. The van der Waals surface area contributed by atoms with Gasteiger partial charge in [-0.1, -0.05) is 0 Å². The molecule has 0 atom stereocenters. The molecule has 0 aromatic rings. The molecule has 2 N–H and O–H groups in total. The first-order valence-corrected chi connectivity index (χ1v) is 2.00. The second-order valence-electron chi connectivity index (χ2n) is 0.841. The van der Waals surface area contributed by atoms with E-state index in [1.54, 1.807) is 0 Å². The first-order chi connectivity index (χ1) is 3.18. The van der Waals surface area contributed by atoms with E-state index in [1.165, 1.54) is 0 Å². The van der Waals surface area contributed by atoms with Gasteiger partial charge in [0, 0.05) is 5.41 Å². The van der Waals surface area contributed by atoms with Crippen LogP contribution in [-0.2, 0) is 4.79 Å². The third kappa shape index (κ3) is 2.22. The molecule has 0 aliphatic rings. The van der Waals surface area contributed by atoms with Crippen LogP contribution in [-0.4, -0.2) is 5.91 Å². The highest BCUT2D eigenvalue weighted by Gasteiger charge is 1.97. The van der Waals surface area contributed by atoms with Crippen LogP contribution in [0.2, 0.25) is 0 Å². The number of thiol groups is 1. The van der Waals surface area contributed by atoms with E-state index in [2.05, 4.69) is 18.4 Å². The Morgan fingerprint density at radius 1 is 1.86 bits per heavy atom. The van der Waals surface area contributed by atoms with Crippen molar-refractivity contribution in [3.8, 4) is 0 Å². The predicted molar refractivity (Wildman–Crippen MR) is 27.4 cm³/mol. The normalized spacial score (nSPS) is 11.4. The SMILES string of the molecule is NC(=O)C(F)=CS. The lowest BCUT2D eigenvalue weighted by Gasteiger charge is -1.80. The zero-order valence-corrected chi connectivity index (χ0v) is 4.28. The summed E-state index contributed by atoms with van der Waals surface area (Å²) in [7, 11) is 0. The Balaban J connectivity index is 3.82. The van der Waals surface area contributed by atoms with E-state index in [-0.39, 0.29) is 0 Å². The Morgan fingerprint density at radius 3 is 2.29 bits per heavy atom. The zero-order chi connectivity index (χ0) is 5.86. The van der Waals surface area contributed by atoms with Gasteiger partial charge >= 0.3 is 0 Å². The Kier molecular flexibility index (Phi) is 2.44. The van der Waals surface area contributed by atoms with Crippen LogP contribution in [0.4, 0.5) is 4.39 Å². The van der Waals surface area contributed by atoms with Gasteiger partial charge < -0.3 is 5.73 Å². The molecular weight excluding hydrogens is 117 g/mol. The van der Waals surface area contributed by atoms with Gasteiger partial charge in [-0.05, 0) is 0 Å². The van der Waals surface area contributed by atoms with Gasteiger partial charge in [0.2, 0.25) is 0 Å². The van der Waals surface area contributed by atoms with Crippen LogP contribution in [0.3, 0.4) is 0 Å². The number of primary amides is 1. The molecule has 40 valence electrons. The zero-order valence-electron chi connectivity index (χ0n) is 3.39. The minimum Gasteiger partial charge on any atom is -0.364 e. The highest BCUT2D eigenvalue weighted by Crippen LogP contribution is 1.93. The Morgan fingerprint density at radius 2 is 2.29 bits per heavy atom. The number of nitrogens with two attached hydrogens (primary N) is 1. The molecule has 0 radical (unpaired) electrons. The number of halogens is 1. The molecule has 2 nitrogen and oxygen atoms in total. The van der Waals surface area contributed by atoms with Crippen molar-refractivity contribution in [3.05, 3.63) is 11.2 Å². The highest BCUT2D eigenvalue weighted by atomic mass is 32.1. The van der Waals surface area contributed by atoms with Crippen molar-refractivity contribution in [3.63, 3.8) is 0 Å². The summed E-state index contributed by atoms with van der Waals surface area (Å²) in [5, 5.41) is 0.711. The molecule has 7 heavy (non-hydrogen) atoms. The smallest absolute Gasteiger partial charge is 0.277 e. The lowest BCUT2D eigenvalue weighted by atomic mass is 10.6. The van der Waals surface area contributed by atoms with Gasteiger partial charge in [-0.15, -0.1) is 12.6 Å². The molecule has 1 amide bonds. The van der Waals surface area contributed by atoms with Gasteiger partial charge in [0.1, 0.15) is 0 Å². The van der Waals surface area contributed by atoms with Gasteiger partial charge in [-0.2, -0.15) is 0 Å². The number of carbonyl (C=O) groups is 1. The van der Waals surface area contributed by atoms with Gasteiger partial charge in [0.05, 0.1) is 0 Å². The van der Waals surface area contributed by atoms with Crippen molar-refractivity contribution in [1.82, 2.24) is 0 Å². The molecule has 0 fully saturated rings. The lowest BCUT2D eigenvalue weighted by molar-refractivity contribution is -0.115. The predicted octanol–water partition coefficient (Wildman–Crippen LogP) is 0.212. The summed E-state index contributed by atoms with van der Waals surface area (Å²) in [5.74, 6) is -2.11. The van der Waals surface area contributed by atoms with Crippen molar-refractivity contribution < 1.29 is 9.18 Å². The van der Waals surface area contributed by atoms with Gasteiger partial charge in [0.15, 0.2) is 5.83 Å². The minimum atomic E-state index is -1.09. The molecule has 4 heteroatoms. The fourth-order valence-corrected chi connectivity index (χ4v) is 0.191. The van der Waals surface area contributed by atoms with Crippen LogP contribution in [0, 0.1) is 0 Å². The van der Waals surface area contributed by atoms with Crippen LogP contribution in [0.1, 0.15) is 0 Å². The number of hydrogen-bond donors (Lipinski definition) is 2. The van der Waals surface area contributed by atoms with Gasteiger partial charge in [-0.25, -0.2) is 4.39 Å². The Labute approximate surface area is 45.6 Å².